The van der Waals surface area contributed by atoms with Gasteiger partial charge in [0.15, 0.2) is 0 Å². The fourth-order valence-corrected chi connectivity index (χ4v) is 3.43. The zero-order chi connectivity index (χ0) is 20.2. The first kappa shape index (κ1) is 20.9. The number of halogens is 1. The van der Waals surface area contributed by atoms with Crippen LogP contribution >= 0.6 is 0 Å². The second-order valence-electron chi connectivity index (χ2n) is 6.84. The zero-order valence-electron chi connectivity index (χ0n) is 15.5. The summed E-state index contributed by atoms with van der Waals surface area (Å²) in [6, 6.07) is 11.0. The van der Waals surface area contributed by atoms with Crippen LogP contribution in [0.1, 0.15) is 31.1 Å². The Kier molecular flexibility index (Phi) is 6.22. The van der Waals surface area contributed by atoms with Crippen molar-refractivity contribution >= 4 is 21.6 Å². The van der Waals surface area contributed by atoms with E-state index in [4.69, 9.17) is 5.73 Å². The average Bonchev–Trinajstić information content (AvgIpc) is 2.63. The molecule has 8 heteroatoms. The van der Waals surface area contributed by atoms with Crippen molar-refractivity contribution in [3.8, 4) is 0 Å². The molecule has 0 heterocycles. The van der Waals surface area contributed by atoms with Crippen LogP contribution in [-0.4, -0.2) is 26.4 Å². The summed E-state index contributed by atoms with van der Waals surface area (Å²) >= 11 is 0. The van der Waals surface area contributed by atoms with Gasteiger partial charge in [0.2, 0.25) is 0 Å². The third-order valence-corrected chi connectivity index (χ3v) is 5.99. The maximum Gasteiger partial charge on any atom is 0.262 e. The van der Waals surface area contributed by atoms with E-state index in [1.165, 1.54) is 42.5 Å². The number of hydrogen-bond donors (Lipinski definition) is 3. The highest BCUT2D eigenvalue weighted by Crippen LogP contribution is 2.21. The maximum atomic E-state index is 13.7. The highest BCUT2D eigenvalue weighted by atomic mass is 32.2. The number of carbonyl (C=O) groups excluding carboxylic acids is 1. The number of nitrogens with one attached hydrogen (secondary N) is 2. The lowest BCUT2D eigenvalue weighted by molar-refractivity contribution is 0.0883. The minimum atomic E-state index is -4.05. The minimum absolute atomic E-state index is 0.0843. The summed E-state index contributed by atoms with van der Waals surface area (Å²) in [5, 5.41) is 2.86. The molecular formula is C19H24FN3O3S. The first-order chi connectivity index (χ1) is 12.6. The van der Waals surface area contributed by atoms with E-state index >= 15 is 0 Å². The largest absolute Gasteiger partial charge is 0.345 e. The normalized spacial score (nSPS) is 13.9. The fraction of sp³-hybridized carbons (Fsp3) is 0.316. The number of amides is 1. The monoisotopic (exact) mass is 393 g/mol. The van der Waals surface area contributed by atoms with Gasteiger partial charge in [0.25, 0.3) is 15.9 Å². The summed E-state index contributed by atoms with van der Waals surface area (Å²) in [6.07, 6.45) is 0. The molecule has 2 rings (SSSR count). The van der Waals surface area contributed by atoms with Gasteiger partial charge >= 0.3 is 0 Å². The van der Waals surface area contributed by atoms with Crippen LogP contribution in [0.4, 0.5) is 10.1 Å². The number of nitrogens with two attached hydrogens (primary N) is 1. The molecule has 0 spiro atoms. The van der Waals surface area contributed by atoms with E-state index in [-0.39, 0.29) is 28.6 Å². The number of benzene rings is 2. The highest BCUT2D eigenvalue weighted by Gasteiger charge is 2.29. The zero-order valence-corrected chi connectivity index (χ0v) is 16.3. The van der Waals surface area contributed by atoms with Gasteiger partial charge in [-0.25, -0.2) is 12.8 Å². The molecular weight excluding hydrogens is 369 g/mol. The van der Waals surface area contributed by atoms with Crippen LogP contribution in [-0.2, 0) is 10.0 Å². The molecule has 1 atom stereocenters. The summed E-state index contributed by atoms with van der Waals surface area (Å²) in [4.78, 5) is 12.4. The van der Waals surface area contributed by atoms with Gasteiger partial charge < -0.3 is 11.1 Å². The average molecular weight is 393 g/mol. The third-order valence-electron chi connectivity index (χ3n) is 4.62. The molecule has 2 aromatic carbocycles. The molecule has 6 nitrogen and oxygen atoms in total. The quantitative estimate of drug-likeness (QED) is 0.673. The van der Waals surface area contributed by atoms with Crippen molar-refractivity contribution in [2.24, 2.45) is 11.7 Å². The van der Waals surface area contributed by atoms with E-state index in [0.29, 0.717) is 0 Å². The van der Waals surface area contributed by atoms with E-state index in [1.54, 1.807) is 0 Å². The van der Waals surface area contributed by atoms with Crippen molar-refractivity contribution in [2.45, 2.75) is 31.2 Å². The van der Waals surface area contributed by atoms with Gasteiger partial charge in [0.05, 0.1) is 16.1 Å². The SMILES string of the molecule is CC(C)C(C)(CN)NC(=O)c1cccc(S(=O)(=O)Nc2ccccc2F)c1. The number of rotatable bonds is 7. The number of sulfonamides is 1. The molecule has 4 N–H and O–H groups in total. The van der Waals surface area contributed by atoms with E-state index in [0.717, 1.165) is 6.07 Å². The Hall–Kier alpha value is -2.45. The van der Waals surface area contributed by atoms with Crippen LogP contribution in [0.15, 0.2) is 53.4 Å². The predicted octanol–water partition coefficient (Wildman–Crippen LogP) is 2.73. The molecule has 1 unspecified atom stereocenters. The van der Waals surface area contributed by atoms with Crippen LogP contribution in [0.5, 0.6) is 0 Å². The van der Waals surface area contributed by atoms with Gasteiger partial charge in [-0.15, -0.1) is 0 Å². The molecule has 0 saturated heterocycles. The summed E-state index contributed by atoms with van der Waals surface area (Å²) < 4.78 is 41.0. The Balaban J connectivity index is 2.29. The van der Waals surface area contributed by atoms with Crippen LogP contribution in [0.2, 0.25) is 0 Å². The molecule has 0 saturated carbocycles. The van der Waals surface area contributed by atoms with Gasteiger partial charge in [0, 0.05) is 12.1 Å². The Labute approximate surface area is 159 Å². The van der Waals surface area contributed by atoms with Crippen molar-refractivity contribution in [1.29, 1.82) is 0 Å². The van der Waals surface area contributed by atoms with Crippen LogP contribution in [0.25, 0.3) is 0 Å². The summed E-state index contributed by atoms with van der Waals surface area (Å²) in [5.41, 5.74) is 5.16. The molecule has 0 fully saturated rings. The first-order valence-corrected chi connectivity index (χ1v) is 9.97. The number of para-hydroxylation sites is 1. The van der Waals surface area contributed by atoms with Crippen LogP contribution < -0.4 is 15.8 Å². The van der Waals surface area contributed by atoms with Crippen molar-refractivity contribution < 1.29 is 17.6 Å². The summed E-state index contributed by atoms with van der Waals surface area (Å²) in [6.45, 7) is 5.94. The predicted molar refractivity (Wildman–Crippen MR) is 103 cm³/mol. The van der Waals surface area contributed by atoms with Gasteiger partial charge in [-0.05, 0) is 43.2 Å². The number of carbonyl (C=O) groups is 1. The first-order valence-electron chi connectivity index (χ1n) is 8.49. The van der Waals surface area contributed by atoms with E-state index < -0.39 is 27.3 Å². The molecule has 0 aromatic heterocycles. The maximum absolute atomic E-state index is 13.7. The molecule has 1 amide bonds. The standard InChI is InChI=1S/C19H24FN3O3S/c1-13(2)19(3,12-21)22-18(24)14-7-6-8-15(11-14)27(25,26)23-17-10-5-4-9-16(17)20/h4-11,13,23H,12,21H2,1-3H3,(H,22,24). The van der Waals surface area contributed by atoms with Crippen LogP contribution in [0.3, 0.4) is 0 Å². The molecule has 0 aliphatic rings. The molecule has 0 bridgehead atoms. The van der Waals surface area contributed by atoms with E-state index in [2.05, 4.69) is 10.0 Å². The van der Waals surface area contributed by atoms with E-state index in [9.17, 15) is 17.6 Å². The van der Waals surface area contributed by atoms with Gasteiger partial charge in [-0.1, -0.05) is 32.0 Å². The van der Waals surface area contributed by atoms with E-state index in [1.807, 2.05) is 20.8 Å². The van der Waals surface area contributed by atoms with Gasteiger partial charge in [-0.2, -0.15) is 0 Å². The lowest BCUT2D eigenvalue weighted by Gasteiger charge is -2.33. The topological polar surface area (TPSA) is 101 Å². The minimum Gasteiger partial charge on any atom is -0.345 e. The van der Waals surface area contributed by atoms with Crippen molar-refractivity contribution in [3.63, 3.8) is 0 Å². The Bertz CT molecular complexity index is 931. The third kappa shape index (κ3) is 4.84. The fourth-order valence-electron chi connectivity index (χ4n) is 2.31. The van der Waals surface area contributed by atoms with Crippen molar-refractivity contribution in [1.82, 2.24) is 5.32 Å². The second kappa shape index (κ2) is 8.06. The Morgan fingerprint density at radius 2 is 1.85 bits per heavy atom. The summed E-state index contributed by atoms with van der Waals surface area (Å²) in [7, 11) is -4.05. The molecule has 27 heavy (non-hydrogen) atoms. The number of hydrogen-bond acceptors (Lipinski definition) is 4. The Morgan fingerprint density at radius 3 is 2.44 bits per heavy atom. The highest BCUT2D eigenvalue weighted by molar-refractivity contribution is 7.92. The second-order valence-corrected chi connectivity index (χ2v) is 8.53. The molecule has 146 valence electrons. The van der Waals surface area contributed by atoms with Gasteiger partial charge in [-0.3, -0.25) is 9.52 Å². The number of anilines is 1. The summed E-state index contributed by atoms with van der Waals surface area (Å²) in [5.74, 6) is -1.04. The van der Waals surface area contributed by atoms with Crippen molar-refractivity contribution in [3.05, 3.63) is 59.9 Å². The lowest BCUT2D eigenvalue weighted by atomic mass is 9.88. The Morgan fingerprint density at radius 1 is 1.19 bits per heavy atom. The smallest absolute Gasteiger partial charge is 0.262 e. The van der Waals surface area contributed by atoms with Crippen molar-refractivity contribution in [2.75, 3.05) is 11.3 Å². The van der Waals surface area contributed by atoms with Gasteiger partial charge in [0.1, 0.15) is 5.82 Å². The lowest BCUT2D eigenvalue weighted by Crippen LogP contribution is -2.55. The molecule has 0 radical (unpaired) electrons. The van der Waals surface area contributed by atoms with Crippen LogP contribution in [0, 0.1) is 11.7 Å². The molecule has 2 aromatic rings. The molecule has 0 aliphatic heterocycles. The molecule has 0 aliphatic carbocycles.